The molecular weight excluding hydrogens is 388 g/mol. The number of benzene rings is 2. The van der Waals surface area contributed by atoms with E-state index in [2.05, 4.69) is 15.3 Å². The van der Waals surface area contributed by atoms with Gasteiger partial charge in [0.1, 0.15) is 5.75 Å². The standard InChI is InChI=1S/C21H22N4O3S/c1-2-28-18-5-9-20(10-6-18)29(26,27)19-7-3-16(4-8-19)15-24-21(22)25-17-11-13-23-14-12-17/h3-14H,2,15H2,1H3,(H3,22,23,24,25). The SMILES string of the molecule is CCOc1ccc(S(=O)(=O)c2ccc(CN=C(N)Nc3ccncc3)cc2)cc1. The highest BCUT2D eigenvalue weighted by Crippen LogP contribution is 2.23. The van der Waals surface area contributed by atoms with Crippen LogP contribution in [-0.2, 0) is 16.4 Å². The first-order valence-corrected chi connectivity index (χ1v) is 10.5. The van der Waals surface area contributed by atoms with Crippen molar-refractivity contribution >= 4 is 21.5 Å². The summed E-state index contributed by atoms with van der Waals surface area (Å²) < 4.78 is 30.9. The first kappa shape index (κ1) is 20.3. The Morgan fingerprint density at radius 3 is 2.17 bits per heavy atom. The molecule has 3 rings (SSSR count). The van der Waals surface area contributed by atoms with Crippen molar-refractivity contribution in [2.24, 2.45) is 10.7 Å². The van der Waals surface area contributed by atoms with E-state index in [4.69, 9.17) is 10.5 Å². The quantitative estimate of drug-likeness (QED) is 0.457. The molecule has 1 aromatic heterocycles. The third-order valence-electron chi connectivity index (χ3n) is 4.06. The van der Waals surface area contributed by atoms with Crippen LogP contribution in [0.1, 0.15) is 12.5 Å². The van der Waals surface area contributed by atoms with Crippen LogP contribution in [0.5, 0.6) is 5.75 Å². The first-order chi connectivity index (χ1) is 14.0. The summed E-state index contributed by atoms with van der Waals surface area (Å²) in [5, 5.41) is 2.96. The number of nitrogens with one attached hydrogen (secondary N) is 1. The molecule has 0 aliphatic carbocycles. The van der Waals surface area contributed by atoms with Gasteiger partial charge in [0.25, 0.3) is 0 Å². The summed E-state index contributed by atoms with van der Waals surface area (Å²) in [7, 11) is -3.59. The molecule has 8 heteroatoms. The Labute approximate surface area is 170 Å². The number of pyridine rings is 1. The first-order valence-electron chi connectivity index (χ1n) is 9.03. The van der Waals surface area contributed by atoms with Crippen LogP contribution in [0.2, 0.25) is 0 Å². The number of nitrogens with zero attached hydrogens (tertiary/aromatic N) is 2. The Morgan fingerprint density at radius 2 is 1.59 bits per heavy atom. The molecule has 3 N–H and O–H groups in total. The van der Waals surface area contributed by atoms with Crippen molar-refractivity contribution in [2.75, 3.05) is 11.9 Å². The van der Waals surface area contributed by atoms with Crippen LogP contribution in [0.3, 0.4) is 0 Å². The van der Waals surface area contributed by atoms with Gasteiger partial charge in [-0.2, -0.15) is 0 Å². The second-order valence-corrected chi connectivity index (χ2v) is 8.06. The summed E-state index contributed by atoms with van der Waals surface area (Å²) in [4.78, 5) is 8.64. The van der Waals surface area contributed by atoms with Crippen LogP contribution in [0.4, 0.5) is 5.69 Å². The van der Waals surface area contributed by atoms with Crippen LogP contribution in [0, 0.1) is 0 Å². The monoisotopic (exact) mass is 410 g/mol. The molecule has 0 spiro atoms. The van der Waals surface area contributed by atoms with Gasteiger partial charge in [0.15, 0.2) is 5.96 Å². The molecule has 3 aromatic rings. The molecule has 0 amide bonds. The fourth-order valence-corrected chi connectivity index (χ4v) is 3.85. The average Bonchev–Trinajstić information content (AvgIpc) is 2.74. The Balaban J connectivity index is 1.68. The zero-order valence-electron chi connectivity index (χ0n) is 15.9. The van der Waals surface area contributed by atoms with Gasteiger partial charge in [-0.1, -0.05) is 12.1 Å². The molecule has 0 fully saturated rings. The highest BCUT2D eigenvalue weighted by Gasteiger charge is 2.17. The highest BCUT2D eigenvalue weighted by molar-refractivity contribution is 7.91. The minimum absolute atomic E-state index is 0.220. The van der Waals surface area contributed by atoms with E-state index < -0.39 is 9.84 Å². The van der Waals surface area contributed by atoms with Crippen molar-refractivity contribution in [3.05, 3.63) is 78.6 Å². The third-order valence-corrected chi connectivity index (χ3v) is 5.85. The van der Waals surface area contributed by atoms with E-state index in [1.165, 1.54) is 0 Å². The maximum Gasteiger partial charge on any atom is 0.206 e. The van der Waals surface area contributed by atoms with Gasteiger partial charge in [0, 0.05) is 18.1 Å². The molecule has 0 atom stereocenters. The summed E-state index contributed by atoms with van der Waals surface area (Å²) in [6.07, 6.45) is 3.30. The van der Waals surface area contributed by atoms with Crippen molar-refractivity contribution < 1.29 is 13.2 Å². The lowest BCUT2D eigenvalue weighted by molar-refractivity contribution is 0.340. The molecule has 0 saturated carbocycles. The number of rotatable bonds is 7. The van der Waals surface area contributed by atoms with Crippen molar-refractivity contribution in [3.8, 4) is 5.75 Å². The van der Waals surface area contributed by atoms with Crippen LogP contribution in [0.25, 0.3) is 0 Å². The molecule has 1 heterocycles. The Bertz CT molecular complexity index is 1070. The second-order valence-electron chi connectivity index (χ2n) is 6.11. The topological polar surface area (TPSA) is 107 Å². The number of aliphatic imine (C=N–C) groups is 1. The average molecular weight is 410 g/mol. The van der Waals surface area contributed by atoms with Gasteiger partial charge < -0.3 is 15.8 Å². The van der Waals surface area contributed by atoms with Gasteiger partial charge in [-0.05, 0) is 61.0 Å². The Kier molecular flexibility index (Phi) is 6.46. The van der Waals surface area contributed by atoms with Crippen LogP contribution >= 0.6 is 0 Å². The number of ether oxygens (including phenoxy) is 1. The fraction of sp³-hybridized carbons (Fsp3) is 0.143. The van der Waals surface area contributed by atoms with Gasteiger partial charge in [0.2, 0.25) is 9.84 Å². The minimum atomic E-state index is -3.59. The lowest BCUT2D eigenvalue weighted by atomic mass is 10.2. The zero-order valence-corrected chi connectivity index (χ0v) is 16.8. The number of sulfone groups is 1. The van der Waals surface area contributed by atoms with Gasteiger partial charge in [-0.15, -0.1) is 0 Å². The third kappa shape index (κ3) is 5.32. The van der Waals surface area contributed by atoms with E-state index in [1.54, 1.807) is 73.1 Å². The van der Waals surface area contributed by atoms with E-state index in [1.807, 2.05) is 6.92 Å². The molecule has 0 aliphatic heterocycles. The summed E-state index contributed by atoms with van der Waals surface area (Å²) in [6, 6.07) is 16.6. The molecule has 0 aliphatic rings. The zero-order chi connectivity index (χ0) is 20.7. The molecule has 150 valence electrons. The van der Waals surface area contributed by atoms with Gasteiger partial charge in [0.05, 0.1) is 22.9 Å². The number of hydrogen-bond donors (Lipinski definition) is 2. The summed E-state index contributed by atoms with van der Waals surface area (Å²) in [5.41, 5.74) is 7.51. The molecule has 0 bridgehead atoms. The van der Waals surface area contributed by atoms with E-state index in [0.29, 0.717) is 18.9 Å². The van der Waals surface area contributed by atoms with Crippen LogP contribution < -0.4 is 15.8 Å². The minimum Gasteiger partial charge on any atom is -0.494 e. The number of aromatic nitrogens is 1. The smallest absolute Gasteiger partial charge is 0.206 e. The van der Waals surface area contributed by atoms with E-state index in [-0.39, 0.29) is 15.8 Å². The van der Waals surface area contributed by atoms with E-state index in [9.17, 15) is 8.42 Å². The summed E-state index contributed by atoms with van der Waals surface area (Å²) >= 11 is 0. The molecular formula is C21H22N4O3S. The maximum atomic E-state index is 12.8. The summed E-state index contributed by atoms with van der Waals surface area (Å²) in [5.74, 6) is 0.903. The molecule has 29 heavy (non-hydrogen) atoms. The maximum absolute atomic E-state index is 12.8. The van der Waals surface area contributed by atoms with E-state index in [0.717, 1.165) is 11.3 Å². The number of guanidine groups is 1. The van der Waals surface area contributed by atoms with Crippen molar-refractivity contribution in [1.82, 2.24) is 4.98 Å². The van der Waals surface area contributed by atoms with Crippen molar-refractivity contribution in [3.63, 3.8) is 0 Å². The second kappa shape index (κ2) is 9.20. The normalized spacial score (nSPS) is 11.8. The van der Waals surface area contributed by atoms with Crippen LogP contribution in [0.15, 0.2) is 87.8 Å². The summed E-state index contributed by atoms with van der Waals surface area (Å²) in [6.45, 7) is 2.73. The van der Waals surface area contributed by atoms with E-state index >= 15 is 0 Å². The van der Waals surface area contributed by atoms with Gasteiger partial charge in [-0.25, -0.2) is 13.4 Å². The fourth-order valence-electron chi connectivity index (χ4n) is 2.59. The molecule has 7 nitrogen and oxygen atoms in total. The lowest BCUT2D eigenvalue weighted by Gasteiger charge is -2.08. The predicted molar refractivity (Wildman–Crippen MR) is 113 cm³/mol. The molecule has 2 aromatic carbocycles. The van der Waals surface area contributed by atoms with Crippen LogP contribution in [-0.4, -0.2) is 26.0 Å². The number of nitrogens with two attached hydrogens (primary N) is 1. The number of hydrogen-bond acceptors (Lipinski definition) is 5. The Morgan fingerprint density at radius 1 is 1.00 bits per heavy atom. The van der Waals surface area contributed by atoms with Crippen molar-refractivity contribution in [2.45, 2.75) is 23.3 Å². The predicted octanol–water partition coefficient (Wildman–Crippen LogP) is 3.24. The van der Waals surface area contributed by atoms with Gasteiger partial charge >= 0.3 is 0 Å². The highest BCUT2D eigenvalue weighted by atomic mass is 32.2. The van der Waals surface area contributed by atoms with Gasteiger partial charge in [-0.3, -0.25) is 4.98 Å². The molecule has 0 radical (unpaired) electrons. The number of anilines is 1. The van der Waals surface area contributed by atoms with Crippen molar-refractivity contribution in [1.29, 1.82) is 0 Å². The Hall–Kier alpha value is -3.39. The largest absolute Gasteiger partial charge is 0.494 e. The molecule has 0 unspecified atom stereocenters. The lowest BCUT2D eigenvalue weighted by Crippen LogP contribution is -2.22. The molecule has 0 saturated heterocycles.